The van der Waals surface area contributed by atoms with Gasteiger partial charge in [-0.15, -0.1) is 0 Å². The molecule has 1 heterocycles. The Morgan fingerprint density at radius 1 is 1.15 bits per heavy atom. The molecule has 1 amide bonds. The van der Waals surface area contributed by atoms with Gasteiger partial charge in [0.15, 0.2) is 11.5 Å². The molecule has 2 aromatic rings. The molecule has 2 rings (SSSR count). The van der Waals surface area contributed by atoms with Gasteiger partial charge in [-0.1, -0.05) is 0 Å². The van der Waals surface area contributed by atoms with Crippen molar-refractivity contribution in [1.29, 1.82) is 5.26 Å². The summed E-state index contributed by atoms with van der Waals surface area (Å²) in [5.41, 5.74) is 0.604. The van der Waals surface area contributed by atoms with Gasteiger partial charge in [-0.25, -0.2) is 0 Å². The quantitative estimate of drug-likeness (QED) is 0.779. The number of ether oxygens (including phenoxy) is 3. The summed E-state index contributed by atoms with van der Waals surface area (Å²) in [7, 11) is 1.64. The number of aryl methyl sites for hydroxylation is 1. The number of aromatic nitrogens is 2. The van der Waals surface area contributed by atoms with Crippen LogP contribution < -0.4 is 19.5 Å². The van der Waals surface area contributed by atoms with Gasteiger partial charge in [0.2, 0.25) is 5.75 Å². The first-order valence-electron chi connectivity index (χ1n) is 8.35. The Hall–Kier alpha value is -3.21. The van der Waals surface area contributed by atoms with Gasteiger partial charge in [0.05, 0.1) is 26.0 Å². The van der Waals surface area contributed by atoms with E-state index in [9.17, 15) is 4.79 Å². The van der Waals surface area contributed by atoms with Crippen LogP contribution in [0.5, 0.6) is 17.2 Å². The second-order valence-corrected chi connectivity index (χ2v) is 5.20. The molecule has 0 radical (unpaired) electrons. The minimum absolute atomic E-state index is 0.279. The standard InChI is InChI=1S/C18H22N4O4/c1-5-24-14-8-12(9-15(25-6-2)16(14)26-7-3)18(23)21-17-13(10-19)11-20-22(17)4/h8-9,11H,5-7H2,1-4H3,(H,21,23). The van der Waals surface area contributed by atoms with Crippen LogP contribution in [0.25, 0.3) is 0 Å². The van der Waals surface area contributed by atoms with Crippen molar-refractivity contribution in [1.82, 2.24) is 9.78 Å². The molecule has 1 aromatic heterocycles. The lowest BCUT2D eigenvalue weighted by molar-refractivity contribution is 0.102. The molecule has 1 aromatic carbocycles. The summed E-state index contributed by atoms with van der Waals surface area (Å²) in [6.45, 7) is 6.81. The predicted molar refractivity (Wildman–Crippen MR) is 95.8 cm³/mol. The lowest BCUT2D eigenvalue weighted by Crippen LogP contribution is -2.16. The summed E-state index contributed by atoms with van der Waals surface area (Å²) in [6, 6.07) is 5.18. The molecule has 1 N–H and O–H groups in total. The molecule has 0 unspecified atom stereocenters. The summed E-state index contributed by atoms with van der Waals surface area (Å²) >= 11 is 0. The van der Waals surface area contributed by atoms with Gasteiger partial charge in [0.25, 0.3) is 5.91 Å². The molecule has 0 aliphatic heterocycles. The van der Waals surface area contributed by atoms with E-state index in [2.05, 4.69) is 10.4 Å². The Balaban J connectivity index is 2.42. The molecule has 0 spiro atoms. The van der Waals surface area contributed by atoms with E-state index in [0.29, 0.717) is 48.5 Å². The van der Waals surface area contributed by atoms with Crippen LogP contribution in [0.15, 0.2) is 18.3 Å². The third-order valence-corrected chi connectivity index (χ3v) is 3.46. The van der Waals surface area contributed by atoms with Crippen LogP contribution >= 0.6 is 0 Å². The second-order valence-electron chi connectivity index (χ2n) is 5.20. The van der Waals surface area contributed by atoms with E-state index in [4.69, 9.17) is 19.5 Å². The van der Waals surface area contributed by atoms with Crippen LogP contribution in [0.3, 0.4) is 0 Å². The second kappa shape index (κ2) is 8.76. The first-order chi connectivity index (χ1) is 12.5. The van der Waals surface area contributed by atoms with Crippen LogP contribution in [-0.4, -0.2) is 35.5 Å². The summed E-state index contributed by atoms with van der Waals surface area (Å²) in [5, 5.41) is 15.8. The molecule has 26 heavy (non-hydrogen) atoms. The number of amides is 1. The fraction of sp³-hybridized carbons (Fsp3) is 0.389. The fourth-order valence-corrected chi connectivity index (χ4v) is 2.37. The van der Waals surface area contributed by atoms with E-state index in [-0.39, 0.29) is 5.56 Å². The minimum atomic E-state index is -0.407. The Labute approximate surface area is 152 Å². The van der Waals surface area contributed by atoms with Crippen molar-refractivity contribution >= 4 is 11.7 Å². The van der Waals surface area contributed by atoms with E-state index in [0.717, 1.165) is 0 Å². The molecule has 8 heteroatoms. The normalized spacial score (nSPS) is 10.1. The summed E-state index contributed by atoms with van der Waals surface area (Å²) in [4.78, 5) is 12.7. The first kappa shape index (κ1) is 19.1. The van der Waals surface area contributed by atoms with Crippen molar-refractivity contribution < 1.29 is 19.0 Å². The highest BCUT2D eigenvalue weighted by atomic mass is 16.5. The highest BCUT2D eigenvalue weighted by Crippen LogP contribution is 2.39. The maximum absolute atomic E-state index is 12.7. The number of nitrogens with one attached hydrogen (secondary N) is 1. The van der Waals surface area contributed by atoms with E-state index >= 15 is 0 Å². The largest absolute Gasteiger partial charge is 0.490 e. The van der Waals surface area contributed by atoms with Crippen LogP contribution in [0, 0.1) is 11.3 Å². The van der Waals surface area contributed by atoms with E-state index in [1.807, 2.05) is 26.8 Å². The zero-order chi connectivity index (χ0) is 19.1. The zero-order valence-electron chi connectivity index (χ0n) is 15.3. The van der Waals surface area contributed by atoms with Gasteiger partial charge in [0.1, 0.15) is 17.5 Å². The van der Waals surface area contributed by atoms with Crippen LogP contribution in [0.2, 0.25) is 0 Å². The molecule has 0 saturated carbocycles. The molecule has 0 saturated heterocycles. The number of hydrogen-bond donors (Lipinski definition) is 1. The molecule has 0 aliphatic rings. The third-order valence-electron chi connectivity index (χ3n) is 3.46. The molecule has 0 bridgehead atoms. The first-order valence-corrected chi connectivity index (χ1v) is 8.35. The highest BCUT2D eigenvalue weighted by Gasteiger charge is 2.20. The molecule has 138 valence electrons. The average molecular weight is 358 g/mol. The van der Waals surface area contributed by atoms with Crippen molar-refractivity contribution in [3.63, 3.8) is 0 Å². The van der Waals surface area contributed by atoms with Gasteiger partial charge in [-0.3, -0.25) is 9.48 Å². The van der Waals surface area contributed by atoms with Gasteiger partial charge >= 0.3 is 0 Å². The van der Waals surface area contributed by atoms with Crippen molar-refractivity contribution in [2.75, 3.05) is 25.1 Å². The van der Waals surface area contributed by atoms with Crippen molar-refractivity contribution in [3.8, 4) is 23.3 Å². The molecule has 0 aliphatic carbocycles. The Morgan fingerprint density at radius 2 is 1.73 bits per heavy atom. The fourth-order valence-electron chi connectivity index (χ4n) is 2.37. The van der Waals surface area contributed by atoms with Gasteiger partial charge in [-0.2, -0.15) is 10.4 Å². The summed E-state index contributed by atoms with van der Waals surface area (Å²) in [5.74, 6) is 1.23. The zero-order valence-corrected chi connectivity index (χ0v) is 15.3. The Kier molecular flexibility index (Phi) is 6.44. The molecule has 0 atom stereocenters. The maximum Gasteiger partial charge on any atom is 0.257 e. The molecule has 8 nitrogen and oxygen atoms in total. The summed E-state index contributed by atoms with van der Waals surface area (Å²) in [6.07, 6.45) is 1.39. The number of nitrogens with zero attached hydrogens (tertiary/aromatic N) is 3. The van der Waals surface area contributed by atoms with Crippen molar-refractivity contribution in [2.24, 2.45) is 7.05 Å². The van der Waals surface area contributed by atoms with E-state index in [1.54, 1.807) is 19.2 Å². The van der Waals surface area contributed by atoms with Gasteiger partial charge in [0, 0.05) is 12.6 Å². The van der Waals surface area contributed by atoms with Crippen LogP contribution in [0.4, 0.5) is 5.82 Å². The van der Waals surface area contributed by atoms with Crippen molar-refractivity contribution in [2.45, 2.75) is 20.8 Å². The minimum Gasteiger partial charge on any atom is -0.490 e. The number of benzene rings is 1. The monoisotopic (exact) mass is 358 g/mol. The number of hydrogen-bond acceptors (Lipinski definition) is 6. The van der Waals surface area contributed by atoms with Crippen LogP contribution in [0.1, 0.15) is 36.7 Å². The molecular weight excluding hydrogens is 336 g/mol. The third kappa shape index (κ3) is 4.06. The van der Waals surface area contributed by atoms with Crippen molar-refractivity contribution in [3.05, 3.63) is 29.5 Å². The van der Waals surface area contributed by atoms with Gasteiger partial charge < -0.3 is 19.5 Å². The topological polar surface area (TPSA) is 98.4 Å². The van der Waals surface area contributed by atoms with E-state index in [1.165, 1.54) is 10.9 Å². The molecule has 0 fully saturated rings. The van der Waals surface area contributed by atoms with Gasteiger partial charge in [-0.05, 0) is 32.9 Å². The number of carbonyl (C=O) groups is 1. The summed E-state index contributed by atoms with van der Waals surface area (Å²) < 4.78 is 18.3. The van der Waals surface area contributed by atoms with E-state index < -0.39 is 5.91 Å². The maximum atomic E-state index is 12.7. The predicted octanol–water partition coefficient (Wildman–Crippen LogP) is 2.74. The number of anilines is 1. The van der Waals surface area contributed by atoms with Crippen LogP contribution in [-0.2, 0) is 7.05 Å². The SMILES string of the molecule is CCOc1cc(C(=O)Nc2c(C#N)cnn2C)cc(OCC)c1OCC. The lowest BCUT2D eigenvalue weighted by atomic mass is 10.1. The Morgan fingerprint density at radius 3 is 2.23 bits per heavy atom. The highest BCUT2D eigenvalue weighted by molar-refractivity contribution is 6.05. The smallest absolute Gasteiger partial charge is 0.257 e. The number of carbonyl (C=O) groups excluding carboxylic acids is 1. The Bertz CT molecular complexity index is 796. The number of rotatable bonds is 8. The molecular formula is C18H22N4O4. The average Bonchev–Trinajstić information content (AvgIpc) is 2.97. The number of nitriles is 1. The lowest BCUT2D eigenvalue weighted by Gasteiger charge is -2.17.